The molecule has 0 spiro atoms. The number of nitrogens with one attached hydrogen (secondary N) is 7. The molecule has 131 heavy (non-hydrogen) atoms. The number of carbonyl (C=O) groups excluding carboxylic acids is 6. The molecule has 1 fully saturated rings. The van der Waals surface area contributed by atoms with Crippen molar-refractivity contribution in [3.8, 4) is 0 Å². The van der Waals surface area contributed by atoms with Crippen molar-refractivity contribution < 1.29 is 178 Å². The lowest BCUT2D eigenvalue weighted by Crippen LogP contribution is -2.62. The van der Waals surface area contributed by atoms with Gasteiger partial charge in [0.25, 0.3) is 0 Å². The van der Waals surface area contributed by atoms with Gasteiger partial charge in [-0.1, -0.05) is 125 Å². The largest absolute Gasteiger partial charge is 0.481 e. The van der Waals surface area contributed by atoms with Crippen molar-refractivity contribution in [2.24, 2.45) is 59.2 Å². The SMILES string of the molecule is CC(C)C(=O)NCCCC(=O)CC(CO)CO.CC(C)C(=O)NCCCC(=O)CCCO.CC(C)C(=O)NCCCCP(=O)(O)O.CC(C)C(=O)NCP(=O)(O)O.CC(C)CN(C)C[C@H](O)[C@@H](O)[C@H](O)[C@H](O)CO.CC(C)CN1C[C@H](O)[C@@H](O)[C@H](O)[C@H]1CO.CC(C)CNC(CC(=O)O)CC(=O)O.CC(C)CNC(CCP(C)(=O)O)C(=O)O.CC(C)CN[C@@H](CC(=O)O)C(=O)O. The molecule has 0 bridgehead atoms. The number of likely N-dealkylation sites (tertiary alicyclic amines) is 1. The van der Waals surface area contributed by atoms with Gasteiger partial charge >= 0.3 is 45.0 Å². The average molecular weight is 1970 g/mol. The van der Waals surface area contributed by atoms with E-state index in [4.69, 9.17) is 80.6 Å². The number of hydrogen-bond acceptors (Lipinski definition) is 31. The monoisotopic (exact) mass is 1960 g/mol. The molecule has 29 N–H and O–H groups in total. The molecule has 11 atom stereocenters. The van der Waals surface area contributed by atoms with Gasteiger partial charge < -0.3 is 153 Å². The molecule has 0 aromatic rings. The van der Waals surface area contributed by atoms with Crippen LogP contribution in [0, 0.1) is 59.2 Å². The maximum Gasteiger partial charge on any atom is 0.344 e. The summed E-state index contributed by atoms with van der Waals surface area (Å²) in [6.07, 6.45) is -5.65. The Morgan fingerprint density at radius 3 is 1.16 bits per heavy atom. The normalized spacial score (nSPS) is 16.2. The molecule has 0 aromatic carbocycles. The highest BCUT2D eigenvalue weighted by Crippen LogP contribution is 2.36. The number of unbranched alkanes of at least 4 members (excludes halogenated alkanes) is 1. The second-order valence-corrected chi connectivity index (χ2v) is 41.3. The Hall–Kier alpha value is -5.62. The van der Waals surface area contributed by atoms with Gasteiger partial charge in [-0.25, -0.2) is 0 Å². The van der Waals surface area contributed by atoms with E-state index in [1.165, 1.54) is 6.66 Å². The highest BCUT2D eigenvalue weighted by atomic mass is 31.2. The molecule has 0 saturated carbocycles. The lowest BCUT2D eigenvalue weighted by atomic mass is 9.93. The number of carboxylic acids is 5. The van der Waals surface area contributed by atoms with Crippen molar-refractivity contribution in [3.05, 3.63) is 0 Å². The molecular weight excluding hydrogens is 1790 g/mol. The Labute approximate surface area is 774 Å². The van der Waals surface area contributed by atoms with Crippen molar-refractivity contribution in [1.29, 1.82) is 0 Å². The van der Waals surface area contributed by atoms with Gasteiger partial charge in [0, 0.05) is 146 Å². The predicted octanol–water partition coefficient (Wildman–Crippen LogP) is -0.313. The van der Waals surface area contributed by atoms with Crippen LogP contribution in [0.3, 0.4) is 0 Å². The standard InChI is InChI=1S/C12H23NO4.C11H25NO5.C11H21NO3.C10H21NO4.C9H20NO4P.C9H17NO4.C8H18NO4P.C8H15NO4.C5H12NO4P/c1-9(2)12(17)13-5-3-4-11(16)6-10(7-14)8-15;1-7(2)4-12(3)5-8(14)10(16)11(17)9(15)6-13;1-9(2)11(15)12-7-3-5-10(14)6-4-8-13;1-6(2)3-11-4-8(13)10(15)9(14)7(11)5-12;1-7(2)6-10-8(9(11)12)4-5-15(3,13)14;1-6(2)5-10-7(3-8(11)12)4-9(13)14;1-7(2)8(10)9-5-3-4-6-14(11,12)13;1-5(2)4-9-6(8(12)13)3-7(10)11;1-4(2)5(7)6-3-11(8,9)10/h9-10,14-15H,3-8H2,1-2H3,(H,13,17);7-11,13-17H,4-6H2,1-3H3;9,13H,3-8H2,1-2H3,(H,12,15);6-10,12-15H,3-5H2,1-2H3;7-8,10H,4-6H2,1-3H3,(H,11,12)(H,13,14);6-7,10H,3-5H2,1-2H3,(H,11,12)(H,13,14);7H,3-6H2,1-2H3,(H,9,10)(H2,11,12,13);5-6,9H,3-4H2,1-2H3,(H,10,11)(H,12,13);4H,3H2,1-2H3,(H,6,7)(H2,8,9,10)/t;8-,9+,10+,11+;;7-,8+,9-,10-;;;;6-;/m.0.1...0./s1. The highest BCUT2D eigenvalue weighted by Gasteiger charge is 2.41. The topological polar surface area (TPSA) is 775 Å². The van der Waals surface area contributed by atoms with Crippen molar-refractivity contribution in [1.82, 2.24) is 47.0 Å². The zero-order valence-electron chi connectivity index (χ0n) is 80.8. The third kappa shape index (κ3) is 94.5. The van der Waals surface area contributed by atoms with E-state index in [0.717, 1.165) is 6.54 Å². The Bertz CT molecular complexity index is 3170. The van der Waals surface area contributed by atoms with E-state index in [1.807, 2.05) is 107 Å². The number of hydrogen-bond donors (Lipinski definition) is 29. The lowest BCUT2D eigenvalue weighted by Gasteiger charge is -2.43. The molecule has 1 saturated heterocycles. The van der Waals surface area contributed by atoms with Crippen LogP contribution in [0.25, 0.3) is 0 Å². The number of ketones is 2. The summed E-state index contributed by atoms with van der Waals surface area (Å²) in [5.74, 6) is -4.21. The first-order chi connectivity index (χ1) is 60.1. The molecule has 0 radical (unpaired) electrons. The van der Waals surface area contributed by atoms with E-state index < -0.39 is 132 Å². The molecule has 45 nitrogen and oxygen atoms in total. The summed E-state index contributed by atoms with van der Waals surface area (Å²) >= 11 is 0. The maximum atomic E-state index is 11.4. The summed E-state index contributed by atoms with van der Waals surface area (Å²) in [7, 11) is -9.27. The Morgan fingerprint density at radius 2 is 0.817 bits per heavy atom. The first kappa shape index (κ1) is 141. The van der Waals surface area contributed by atoms with Crippen LogP contribution in [0.2, 0.25) is 0 Å². The third-order valence-electron chi connectivity index (χ3n) is 17.6. The molecule has 1 aliphatic rings. The van der Waals surface area contributed by atoms with Crippen LogP contribution < -0.4 is 37.2 Å². The summed E-state index contributed by atoms with van der Waals surface area (Å²) in [5, 5.41) is 172. The molecule has 48 heteroatoms. The van der Waals surface area contributed by atoms with E-state index in [1.54, 1.807) is 34.7 Å². The number of carbonyl (C=O) groups is 11. The van der Waals surface area contributed by atoms with Crippen molar-refractivity contribution >= 4 is 87.6 Å². The maximum absolute atomic E-state index is 11.4. The molecule has 1 aliphatic heterocycles. The van der Waals surface area contributed by atoms with E-state index in [2.05, 4.69) is 37.2 Å². The number of Topliss-reactive ketones (excluding diaryl/α,β-unsaturated/α-hetero) is 2. The zero-order chi connectivity index (χ0) is 104. The quantitative estimate of drug-likeness (QED) is 0.0274. The summed E-state index contributed by atoms with van der Waals surface area (Å²) in [5.41, 5.74) is 0. The van der Waals surface area contributed by atoms with Crippen LogP contribution in [0.15, 0.2) is 0 Å². The minimum absolute atomic E-state index is 0.00455. The van der Waals surface area contributed by atoms with E-state index >= 15 is 0 Å². The fourth-order valence-electron chi connectivity index (χ4n) is 10.3. The summed E-state index contributed by atoms with van der Waals surface area (Å²) in [4.78, 5) is 166. The molecule has 4 amide bonds. The number of carboxylic acid groups (broad SMARTS) is 5. The summed E-state index contributed by atoms with van der Waals surface area (Å²) < 4.78 is 31.7. The van der Waals surface area contributed by atoms with E-state index in [9.17, 15) is 97.1 Å². The first-order valence-corrected chi connectivity index (χ1v) is 50.0. The van der Waals surface area contributed by atoms with Gasteiger partial charge in [0.05, 0.1) is 50.7 Å². The van der Waals surface area contributed by atoms with Crippen LogP contribution in [-0.2, 0) is 66.4 Å². The molecular formula is C83H172N9O36P3. The number of aliphatic hydroxyl groups is 12. The Morgan fingerprint density at radius 1 is 0.427 bits per heavy atom. The number of nitrogens with zero attached hydrogens (tertiary/aromatic N) is 2. The van der Waals surface area contributed by atoms with Crippen LogP contribution >= 0.6 is 22.6 Å². The van der Waals surface area contributed by atoms with Crippen LogP contribution in [0.4, 0.5) is 0 Å². The summed E-state index contributed by atoms with van der Waals surface area (Å²) in [6, 6.07) is -2.68. The number of aliphatic carboxylic acids is 5. The third-order valence-corrected chi connectivity index (χ3v) is 20.1. The molecule has 1 heterocycles. The van der Waals surface area contributed by atoms with Crippen LogP contribution in [0.1, 0.15) is 208 Å². The second kappa shape index (κ2) is 81.5. The van der Waals surface area contributed by atoms with Gasteiger partial charge in [0.2, 0.25) is 23.6 Å². The lowest BCUT2D eigenvalue weighted by molar-refractivity contribution is -0.146. The van der Waals surface area contributed by atoms with Gasteiger partial charge in [0.1, 0.15) is 60.5 Å². The number of likely N-dealkylation sites (N-methyl/N-ethyl adjacent to an activating group) is 1. The number of aliphatic hydroxyl groups excluding tert-OH is 12. The van der Waals surface area contributed by atoms with E-state index in [0.29, 0.717) is 133 Å². The molecule has 0 aromatic heterocycles. The van der Waals surface area contributed by atoms with Crippen molar-refractivity contribution in [2.45, 2.75) is 275 Å². The minimum Gasteiger partial charge on any atom is -0.481 e. The zero-order valence-corrected chi connectivity index (χ0v) is 83.5. The fraction of sp³-hybridized carbons (Fsp3) is 0.867. The Balaban J connectivity index is -0.000000217. The van der Waals surface area contributed by atoms with Gasteiger partial charge in [-0.3, -0.25) is 71.3 Å². The van der Waals surface area contributed by atoms with Gasteiger partial charge in [0.15, 0.2) is 7.37 Å². The van der Waals surface area contributed by atoms with Gasteiger partial charge in [-0.15, -0.1) is 0 Å². The highest BCUT2D eigenvalue weighted by molar-refractivity contribution is 7.57. The summed E-state index contributed by atoms with van der Waals surface area (Å²) in [6.45, 7) is 39.3. The number of amides is 4. The minimum atomic E-state index is -4.09. The number of rotatable bonds is 57. The number of piperidine rings is 1. The molecule has 2 unspecified atom stereocenters. The molecule has 0 aliphatic carbocycles. The molecule has 1 rings (SSSR count). The fourth-order valence-corrected chi connectivity index (χ4v) is 12.0. The van der Waals surface area contributed by atoms with Gasteiger partial charge in [-0.2, -0.15) is 0 Å². The Kier molecular flexibility index (Phi) is 87.6. The average Bonchev–Trinajstić information content (AvgIpc) is 0.815. The smallest absolute Gasteiger partial charge is 0.344 e. The van der Waals surface area contributed by atoms with Crippen molar-refractivity contribution in [3.63, 3.8) is 0 Å². The molecule has 780 valence electrons. The van der Waals surface area contributed by atoms with E-state index in [-0.39, 0.29) is 142 Å². The van der Waals surface area contributed by atoms with Crippen LogP contribution in [0.5, 0.6) is 0 Å². The first-order valence-electron chi connectivity index (χ1n) is 44.1. The second-order valence-electron chi connectivity index (χ2n) is 35.3. The predicted molar refractivity (Wildman–Crippen MR) is 493 cm³/mol. The van der Waals surface area contributed by atoms with Crippen LogP contribution in [-0.4, -0.2) is 384 Å². The van der Waals surface area contributed by atoms with Gasteiger partial charge in [-0.05, 0) is 94.8 Å². The number of β-amino-alcohol motifs (C(OH)–C–C–N with tert-alkyl or cyclic N) is 1. The van der Waals surface area contributed by atoms with Crippen molar-refractivity contribution in [2.75, 3.05) is 131 Å².